The Morgan fingerprint density at radius 1 is 1.20 bits per heavy atom. The zero-order valence-electron chi connectivity index (χ0n) is 9.12. The van der Waals surface area contributed by atoms with E-state index in [2.05, 4.69) is 42.4 Å². The third-order valence-electron chi connectivity index (χ3n) is 2.56. The molecule has 2 rings (SSSR count). The first-order valence-corrected chi connectivity index (χ1v) is 6.59. The Morgan fingerprint density at radius 3 is 2.93 bits per heavy atom. The summed E-state index contributed by atoms with van der Waals surface area (Å²) in [6.45, 7) is 2.25. The number of H-pyrrole nitrogens is 1. The quantitative estimate of drug-likeness (QED) is 0.580. The van der Waals surface area contributed by atoms with Gasteiger partial charge in [0.25, 0.3) is 0 Å². The molecule has 80 valence electrons. The summed E-state index contributed by atoms with van der Waals surface area (Å²) in [4.78, 5) is 4.70. The molecule has 1 N–H and O–H groups in total. The first kappa shape index (κ1) is 10.6. The highest BCUT2D eigenvalue weighted by Crippen LogP contribution is 2.28. The van der Waals surface area contributed by atoms with Gasteiger partial charge in [-0.15, -0.1) is 11.8 Å². The number of rotatable bonds is 5. The van der Waals surface area contributed by atoms with E-state index in [1.54, 1.807) is 0 Å². The molecule has 0 radical (unpaired) electrons. The van der Waals surface area contributed by atoms with Crippen molar-refractivity contribution in [3.8, 4) is 0 Å². The van der Waals surface area contributed by atoms with E-state index in [4.69, 9.17) is 0 Å². The van der Waals surface area contributed by atoms with Crippen molar-refractivity contribution in [2.45, 2.75) is 31.1 Å². The highest BCUT2D eigenvalue weighted by Gasteiger charge is 2.02. The average molecular weight is 219 g/mol. The molecule has 15 heavy (non-hydrogen) atoms. The molecule has 0 aliphatic heterocycles. The highest BCUT2D eigenvalue weighted by molar-refractivity contribution is 7.99. The zero-order chi connectivity index (χ0) is 10.5. The highest BCUT2D eigenvalue weighted by atomic mass is 32.2. The van der Waals surface area contributed by atoms with Crippen LogP contribution in [0.25, 0.3) is 10.9 Å². The number of hydrogen-bond acceptors (Lipinski definition) is 1. The summed E-state index contributed by atoms with van der Waals surface area (Å²) in [6, 6.07) is 8.50. The zero-order valence-corrected chi connectivity index (χ0v) is 9.94. The Kier molecular flexibility index (Phi) is 3.73. The van der Waals surface area contributed by atoms with Crippen molar-refractivity contribution >= 4 is 22.7 Å². The lowest BCUT2D eigenvalue weighted by atomic mass is 10.2. The van der Waals surface area contributed by atoms with Crippen LogP contribution in [0.4, 0.5) is 0 Å². The molecule has 0 saturated carbocycles. The van der Waals surface area contributed by atoms with Gasteiger partial charge in [-0.1, -0.05) is 38.0 Å². The van der Waals surface area contributed by atoms with Crippen LogP contribution in [0.5, 0.6) is 0 Å². The van der Waals surface area contributed by atoms with E-state index in [9.17, 15) is 0 Å². The summed E-state index contributed by atoms with van der Waals surface area (Å²) in [7, 11) is 0. The number of nitrogens with one attached hydrogen (secondary N) is 1. The Morgan fingerprint density at radius 2 is 2.07 bits per heavy atom. The number of aromatic amines is 1. The third-order valence-corrected chi connectivity index (χ3v) is 3.70. The smallest absolute Gasteiger partial charge is 0.0465 e. The van der Waals surface area contributed by atoms with E-state index >= 15 is 0 Å². The molecule has 0 amide bonds. The first-order valence-electron chi connectivity index (χ1n) is 5.60. The standard InChI is InChI=1S/C13H17NS/c1-2-3-6-9-15-13-10-14-12-8-5-4-7-11(12)13/h4-5,7-8,10,14H,2-3,6,9H2,1H3. The topological polar surface area (TPSA) is 15.8 Å². The molecular weight excluding hydrogens is 202 g/mol. The summed E-state index contributed by atoms with van der Waals surface area (Å²) < 4.78 is 0. The molecule has 0 atom stereocenters. The number of para-hydroxylation sites is 1. The Hall–Kier alpha value is -0.890. The van der Waals surface area contributed by atoms with Gasteiger partial charge >= 0.3 is 0 Å². The molecule has 0 saturated heterocycles. The molecule has 0 fully saturated rings. The third kappa shape index (κ3) is 2.57. The number of benzene rings is 1. The predicted molar refractivity (Wildman–Crippen MR) is 68.5 cm³/mol. The Labute approximate surface area is 95.3 Å². The fourth-order valence-electron chi connectivity index (χ4n) is 1.70. The van der Waals surface area contributed by atoms with E-state index in [1.165, 1.54) is 40.8 Å². The van der Waals surface area contributed by atoms with E-state index in [0.717, 1.165) is 0 Å². The minimum atomic E-state index is 1.23. The van der Waals surface area contributed by atoms with Crippen molar-refractivity contribution in [2.24, 2.45) is 0 Å². The van der Waals surface area contributed by atoms with Crippen LogP contribution < -0.4 is 0 Å². The molecule has 1 aromatic heterocycles. The lowest BCUT2D eigenvalue weighted by molar-refractivity contribution is 0.778. The largest absolute Gasteiger partial charge is 0.360 e. The minimum absolute atomic E-state index is 1.23. The van der Waals surface area contributed by atoms with Crippen LogP contribution in [-0.4, -0.2) is 10.7 Å². The second-order valence-corrected chi connectivity index (χ2v) is 4.89. The van der Waals surface area contributed by atoms with Crippen LogP contribution in [0.15, 0.2) is 35.4 Å². The van der Waals surface area contributed by atoms with Crippen molar-refractivity contribution < 1.29 is 0 Å². The van der Waals surface area contributed by atoms with Crippen molar-refractivity contribution in [2.75, 3.05) is 5.75 Å². The molecular formula is C13H17NS. The minimum Gasteiger partial charge on any atom is -0.360 e. The SMILES string of the molecule is CCCCCSc1c[nH]c2ccccc12. The van der Waals surface area contributed by atoms with Crippen LogP contribution in [0.2, 0.25) is 0 Å². The lowest BCUT2D eigenvalue weighted by Crippen LogP contribution is -1.78. The summed E-state index contributed by atoms with van der Waals surface area (Å²) >= 11 is 1.97. The fourth-order valence-corrected chi connectivity index (χ4v) is 2.74. The normalized spacial score (nSPS) is 11.0. The average Bonchev–Trinajstić information content (AvgIpc) is 2.68. The van der Waals surface area contributed by atoms with Gasteiger partial charge in [0.05, 0.1) is 0 Å². The van der Waals surface area contributed by atoms with Crippen LogP contribution in [-0.2, 0) is 0 Å². The van der Waals surface area contributed by atoms with Gasteiger partial charge in [-0.05, 0) is 18.2 Å². The van der Waals surface area contributed by atoms with E-state index in [0.29, 0.717) is 0 Å². The molecule has 1 heterocycles. The van der Waals surface area contributed by atoms with Gasteiger partial charge in [-0.2, -0.15) is 0 Å². The van der Waals surface area contributed by atoms with E-state index in [1.807, 2.05) is 11.8 Å². The summed E-state index contributed by atoms with van der Waals surface area (Å²) in [5.41, 5.74) is 1.25. The van der Waals surface area contributed by atoms with E-state index < -0.39 is 0 Å². The molecule has 1 nitrogen and oxygen atoms in total. The van der Waals surface area contributed by atoms with Gasteiger partial charge in [0.2, 0.25) is 0 Å². The number of unbranched alkanes of at least 4 members (excludes halogenated alkanes) is 2. The lowest BCUT2D eigenvalue weighted by Gasteiger charge is -1.98. The molecule has 0 bridgehead atoms. The summed E-state index contributed by atoms with van der Waals surface area (Å²) in [5.74, 6) is 1.23. The van der Waals surface area contributed by atoms with Gasteiger partial charge in [0, 0.05) is 22.0 Å². The maximum atomic E-state index is 3.31. The van der Waals surface area contributed by atoms with Gasteiger partial charge in [0.1, 0.15) is 0 Å². The van der Waals surface area contributed by atoms with Crippen molar-refractivity contribution in [1.82, 2.24) is 4.98 Å². The predicted octanol–water partition coefficient (Wildman–Crippen LogP) is 4.45. The van der Waals surface area contributed by atoms with Crippen LogP contribution in [0, 0.1) is 0 Å². The van der Waals surface area contributed by atoms with Gasteiger partial charge < -0.3 is 4.98 Å². The van der Waals surface area contributed by atoms with Crippen molar-refractivity contribution in [3.05, 3.63) is 30.5 Å². The second-order valence-electron chi connectivity index (χ2n) is 3.75. The van der Waals surface area contributed by atoms with Gasteiger partial charge in [-0.25, -0.2) is 0 Å². The van der Waals surface area contributed by atoms with Crippen LogP contribution in [0.3, 0.4) is 0 Å². The summed E-state index contributed by atoms with van der Waals surface area (Å²) in [6.07, 6.45) is 6.09. The Balaban J connectivity index is 2.02. The molecule has 0 aliphatic rings. The molecule has 0 aliphatic carbocycles. The summed E-state index contributed by atoms with van der Waals surface area (Å²) in [5, 5.41) is 1.36. The van der Waals surface area contributed by atoms with Gasteiger partial charge in [-0.3, -0.25) is 0 Å². The molecule has 2 aromatic rings. The molecule has 1 aromatic carbocycles. The van der Waals surface area contributed by atoms with Gasteiger partial charge in [0.15, 0.2) is 0 Å². The fraction of sp³-hybridized carbons (Fsp3) is 0.385. The number of fused-ring (bicyclic) bond motifs is 1. The molecule has 0 spiro atoms. The monoisotopic (exact) mass is 219 g/mol. The first-order chi connectivity index (χ1) is 7.42. The second kappa shape index (κ2) is 5.26. The molecule has 0 unspecified atom stereocenters. The van der Waals surface area contributed by atoms with Crippen LogP contribution in [0.1, 0.15) is 26.2 Å². The number of hydrogen-bond donors (Lipinski definition) is 1. The number of aromatic nitrogens is 1. The Bertz CT molecular complexity index is 419. The number of thioether (sulfide) groups is 1. The van der Waals surface area contributed by atoms with Crippen molar-refractivity contribution in [1.29, 1.82) is 0 Å². The van der Waals surface area contributed by atoms with E-state index in [-0.39, 0.29) is 0 Å². The molecule has 2 heteroatoms. The maximum Gasteiger partial charge on any atom is 0.0465 e. The maximum absolute atomic E-state index is 3.31. The van der Waals surface area contributed by atoms with Crippen LogP contribution >= 0.6 is 11.8 Å². The van der Waals surface area contributed by atoms with Crippen molar-refractivity contribution in [3.63, 3.8) is 0 Å².